The van der Waals surface area contributed by atoms with E-state index in [1.807, 2.05) is 0 Å². The number of rotatable bonds is 6. The van der Waals surface area contributed by atoms with Gasteiger partial charge in [0.1, 0.15) is 17.3 Å². The molecule has 0 aliphatic heterocycles. The number of fused-ring (bicyclic) bond motifs is 1. The van der Waals surface area contributed by atoms with Crippen molar-refractivity contribution in [2.24, 2.45) is 11.8 Å². The Kier molecular flexibility index (Phi) is 5.20. The lowest BCUT2D eigenvalue weighted by atomic mass is 9.75. The Bertz CT molecular complexity index is 1130. The van der Waals surface area contributed by atoms with Crippen LogP contribution >= 0.6 is 11.6 Å². The van der Waals surface area contributed by atoms with Crippen LogP contribution in [0, 0.1) is 11.8 Å². The monoisotopic (exact) mass is 414 g/mol. The molecule has 1 aliphatic carbocycles. The van der Waals surface area contributed by atoms with Gasteiger partial charge in [-0.3, -0.25) is 9.59 Å². The van der Waals surface area contributed by atoms with Gasteiger partial charge in [0.2, 0.25) is 0 Å². The van der Waals surface area contributed by atoms with Gasteiger partial charge >= 0.3 is 5.97 Å². The van der Waals surface area contributed by atoms with E-state index < -0.39 is 5.97 Å². The van der Waals surface area contributed by atoms with E-state index in [-0.39, 0.29) is 17.3 Å². The molecule has 0 unspecified atom stereocenters. The second-order valence-electron chi connectivity index (χ2n) is 7.14. The summed E-state index contributed by atoms with van der Waals surface area (Å²) in [5, 5.41) is 9.73. The third-order valence-corrected chi connectivity index (χ3v) is 5.51. The fourth-order valence-corrected chi connectivity index (χ4v) is 3.75. The zero-order valence-electron chi connectivity index (χ0n) is 15.7. The highest BCUT2D eigenvalue weighted by atomic mass is 35.5. The van der Waals surface area contributed by atoms with Crippen LogP contribution in [0.25, 0.3) is 22.3 Å². The summed E-state index contributed by atoms with van der Waals surface area (Å²) in [4.78, 5) is 23.4. The lowest BCUT2D eigenvalue weighted by Gasteiger charge is -2.31. The Morgan fingerprint density at radius 2 is 2.03 bits per heavy atom. The van der Waals surface area contributed by atoms with Crippen molar-refractivity contribution in [1.29, 1.82) is 0 Å². The van der Waals surface area contributed by atoms with Crippen LogP contribution < -0.4 is 14.9 Å². The van der Waals surface area contributed by atoms with E-state index in [4.69, 9.17) is 30.6 Å². The average Bonchev–Trinajstić information content (AvgIpc) is 2.67. The van der Waals surface area contributed by atoms with Gasteiger partial charge in [0.25, 0.3) is 0 Å². The van der Waals surface area contributed by atoms with Gasteiger partial charge < -0.3 is 19.0 Å². The molecule has 1 aliphatic rings. The first-order valence-electron chi connectivity index (χ1n) is 9.22. The molecule has 3 aromatic rings. The van der Waals surface area contributed by atoms with Gasteiger partial charge in [-0.05, 0) is 49.1 Å². The molecule has 0 radical (unpaired) electrons. The van der Waals surface area contributed by atoms with Crippen molar-refractivity contribution in [3.8, 4) is 22.8 Å². The fraction of sp³-hybridized carbons (Fsp3) is 0.273. The summed E-state index contributed by atoms with van der Waals surface area (Å²) >= 11 is 6.20. The van der Waals surface area contributed by atoms with Gasteiger partial charge in [-0.2, -0.15) is 0 Å². The molecule has 0 amide bonds. The fourth-order valence-electron chi connectivity index (χ4n) is 3.53. The highest BCUT2D eigenvalue weighted by molar-refractivity contribution is 6.34. The molecule has 29 heavy (non-hydrogen) atoms. The Hall–Kier alpha value is -2.99. The molecule has 1 aromatic heterocycles. The van der Waals surface area contributed by atoms with E-state index in [1.165, 1.54) is 13.2 Å². The third kappa shape index (κ3) is 3.80. The van der Waals surface area contributed by atoms with Crippen LogP contribution in [-0.2, 0) is 4.79 Å². The molecule has 0 bridgehead atoms. The summed E-state index contributed by atoms with van der Waals surface area (Å²) in [6, 6.07) is 11.7. The number of hydrogen-bond acceptors (Lipinski definition) is 5. The van der Waals surface area contributed by atoms with E-state index in [1.54, 1.807) is 36.4 Å². The molecular formula is C22H19ClO6. The number of methoxy groups -OCH3 is 1. The molecule has 4 rings (SSSR count). The molecule has 0 atom stereocenters. The second kappa shape index (κ2) is 7.79. The molecule has 1 fully saturated rings. The van der Waals surface area contributed by atoms with E-state index in [9.17, 15) is 9.59 Å². The van der Waals surface area contributed by atoms with Crippen LogP contribution in [0.5, 0.6) is 11.5 Å². The topological polar surface area (TPSA) is 86.0 Å². The van der Waals surface area contributed by atoms with Gasteiger partial charge in [0, 0.05) is 6.07 Å². The van der Waals surface area contributed by atoms with E-state index in [2.05, 4.69) is 0 Å². The molecule has 1 heterocycles. The van der Waals surface area contributed by atoms with Crippen molar-refractivity contribution in [2.75, 3.05) is 13.7 Å². The molecule has 1 saturated carbocycles. The minimum absolute atomic E-state index is 0.202. The summed E-state index contributed by atoms with van der Waals surface area (Å²) in [5.41, 5.74) is 0.687. The Morgan fingerprint density at radius 3 is 2.76 bits per heavy atom. The normalized spacial score (nSPS) is 18.3. The van der Waals surface area contributed by atoms with E-state index >= 15 is 0 Å². The van der Waals surface area contributed by atoms with Crippen LogP contribution in [0.3, 0.4) is 0 Å². The first kappa shape index (κ1) is 19.3. The number of aliphatic carboxylic acids is 1. The largest absolute Gasteiger partial charge is 0.496 e. The number of benzene rings is 2. The minimum Gasteiger partial charge on any atom is -0.496 e. The van der Waals surface area contributed by atoms with Crippen molar-refractivity contribution < 1.29 is 23.8 Å². The van der Waals surface area contributed by atoms with Gasteiger partial charge in [-0.15, -0.1) is 0 Å². The summed E-state index contributed by atoms with van der Waals surface area (Å²) < 4.78 is 17.2. The first-order valence-corrected chi connectivity index (χ1v) is 9.60. The molecule has 1 N–H and O–H groups in total. The highest BCUT2D eigenvalue weighted by Gasteiger charge is 2.34. The maximum Gasteiger partial charge on any atom is 0.306 e. The smallest absolute Gasteiger partial charge is 0.306 e. The van der Waals surface area contributed by atoms with Crippen molar-refractivity contribution in [3.63, 3.8) is 0 Å². The number of halogens is 1. The van der Waals surface area contributed by atoms with Crippen molar-refractivity contribution in [3.05, 3.63) is 57.7 Å². The number of carbonyl (C=O) groups is 1. The van der Waals surface area contributed by atoms with Crippen molar-refractivity contribution in [2.45, 2.75) is 12.8 Å². The van der Waals surface area contributed by atoms with Crippen molar-refractivity contribution >= 4 is 28.5 Å². The number of ether oxygens (including phenoxy) is 2. The summed E-state index contributed by atoms with van der Waals surface area (Å²) in [6.45, 7) is 0.434. The van der Waals surface area contributed by atoms with Crippen LogP contribution in [0.2, 0.25) is 5.02 Å². The van der Waals surface area contributed by atoms with Crippen LogP contribution in [0.1, 0.15) is 12.8 Å². The number of carboxylic acids is 1. The molecule has 2 aromatic carbocycles. The van der Waals surface area contributed by atoms with Gasteiger partial charge in [-0.1, -0.05) is 17.7 Å². The predicted octanol–water partition coefficient (Wildman–Crippen LogP) is 4.61. The van der Waals surface area contributed by atoms with E-state index in [0.29, 0.717) is 58.3 Å². The zero-order chi connectivity index (χ0) is 20.5. The SMILES string of the molecule is COc1ccc(OCC2CC(C(=O)O)C2)cc1-c1cc(=O)c2cccc(Cl)c2o1. The Morgan fingerprint density at radius 1 is 1.24 bits per heavy atom. The summed E-state index contributed by atoms with van der Waals surface area (Å²) in [6.07, 6.45) is 1.24. The Balaban J connectivity index is 1.62. The minimum atomic E-state index is -0.752. The maximum atomic E-state index is 12.5. The van der Waals surface area contributed by atoms with E-state index in [0.717, 1.165) is 0 Å². The lowest BCUT2D eigenvalue weighted by molar-refractivity contribution is -0.146. The van der Waals surface area contributed by atoms with Crippen LogP contribution in [-0.4, -0.2) is 24.8 Å². The van der Waals surface area contributed by atoms with Crippen LogP contribution in [0.15, 0.2) is 51.7 Å². The number of carboxylic acid groups (broad SMARTS) is 1. The van der Waals surface area contributed by atoms with Crippen molar-refractivity contribution in [1.82, 2.24) is 0 Å². The lowest BCUT2D eigenvalue weighted by Crippen LogP contribution is -2.33. The quantitative estimate of drug-likeness (QED) is 0.633. The maximum absolute atomic E-state index is 12.5. The average molecular weight is 415 g/mol. The summed E-state index contributed by atoms with van der Waals surface area (Å²) in [7, 11) is 1.53. The molecule has 0 spiro atoms. The zero-order valence-corrected chi connectivity index (χ0v) is 16.4. The molecule has 7 heteroatoms. The van der Waals surface area contributed by atoms with Gasteiger partial charge in [0.15, 0.2) is 11.0 Å². The highest BCUT2D eigenvalue weighted by Crippen LogP contribution is 2.37. The molecular weight excluding hydrogens is 396 g/mol. The summed E-state index contributed by atoms with van der Waals surface area (Å²) in [5.74, 6) is 0.638. The Labute approximate surface area is 171 Å². The third-order valence-electron chi connectivity index (χ3n) is 5.21. The van der Waals surface area contributed by atoms with Gasteiger partial charge in [-0.25, -0.2) is 0 Å². The molecule has 0 saturated heterocycles. The van der Waals surface area contributed by atoms with Crippen LogP contribution in [0.4, 0.5) is 0 Å². The number of para-hydroxylation sites is 1. The van der Waals surface area contributed by atoms with Gasteiger partial charge in [0.05, 0.1) is 35.6 Å². The standard InChI is InChI=1S/C22H19ClO6/c1-27-19-6-5-14(28-11-12-7-13(8-12)22(25)26)9-16(19)20-10-18(24)15-3-2-4-17(23)21(15)29-20/h2-6,9-10,12-13H,7-8,11H2,1H3,(H,25,26). The first-order chi connectivity index (χ1) is 14.0. The second-order valence-corrected chi connectivity index (χ2v) is 7.54. The number of hydrogen-bond donors (Lipinski definition) is 1. The predicted molar refractivity (Wildman–Crippen MR) is 109 cm³/mol. The molecule has 150 valence electrons. The molecule has 6 nitrogen and oxygen atoms in total.